The van der Waals surface area contributed by atoms with Gasteiger partial charge in [-0.15, -0.1) is 0 Å². The van der Waals surface area contributed by atoms with Crippen molar-refractivity contribution in [1.29, 1.82) is 0 Å². The van der Waals surface area contributed by atoms with E-state index < -0.39 is 0 Å². The Kier molecular flexibility index (Phi) is 3.55. The molecule has 3 N–H and O–H groups in total. The number of nitrogens with two attached hydrogens (primary N) is 1. The zero-order valence-corrected chi connectivity index (χ0v) is 11.8. The van der Waals surface area contributed by atoms with E-state index in [1.165, 1.54) is 0 Å². The van der Waals surface area contributed by atoms with Gasteiger partial charge in [-0.05, 0) is 36.2 Å². The van der Waals surface area contributed by atoms with E-state index in [-0.39, 0.29) is 0 Å². The zero-order chi connectivity index (χ0) is 14.7. The second kappa shape index (κ2) is 5.66. The molecule has 0 amide bonds. The van der Waals surface area contributed by atoms with Crippen molar-refractivity contribution in [2.75, 3.05) is 11.1 Å². The Bertz CT molecular complexity index is 734. The van der Waals surface area contributed by atoms with E-state index >= 15 is 0 Å². The summed E-state index contributed by atoms with van der Waals surface area (Å²) in [5, 5.41) is 7.64. The summed E-state index contributed by atoms with van der Waals surface area (Å²) in [6.45, 7) is 2.67. The second-order valence-corrected chi connectivity index (χ2v) is 4.87. The number of rotatable bonds is 4. The highest BCUT2D eigenvalue weighted by Gasteiger charge is 2.05. The van der Waals surface area contributed by atoms with Crippen LogP contribution in [0.1, 0.15) is 11.1 Å². The lowest BCUT2D eigenvalue weighted by Gasteiger charge is -2.12. The monoisotopic (exact) mass is 279 g/mol. The topological polar surface area (TPSA) is 68.8 Å². The Morgan fingerprint density at radius 2 is 2.10 bits per heavy atom. The highest BCUT2D eigenvalue weighted by molar-refractivity contribution is 5.52. The molecule has 0 bridgehead atoms. The molecule has 0 saturated heterocycles. The van der Waals surface area contributed by atoms with Gasteiger partial charge in [-0.1, -0.05) is 18.2 Å². The largest absolute Gasteiger partial charge is 0.397 e. The normalized spacial score (nSPS) is 10.5. The van der Waals surface area contributed by atoms with Crippen molar-refractivity contribution in [3.63, 3.8) is 0 Å². The van der Waals surface area contributed by atoms with Gasteiger partial charge in [0.15, 0.2) is 0 Å². The first kappa shape index (κ1) is 13.2. The Hall–Kier alpha value is -2.82. The summed E-state index contributed by atoms with van der Waals surface area (Å²) in [5.41, 5.74) is 9.64. The highest BCUT2D eigenvalue weighted by atomic mass is 15.3. The van der Waals surface area contributed by atoms with E-state index in [1.807, 2.05) is 48.1 Å². The number of nitrogens with zero attached hydrogens (tertiary/aromatic N) is 3. The molecule has 0 aliphatic rings. The fraction of sp³-hybridized carbons (Fsp3) is 0.125. The predicted octanol–water partition coefficient (Wildman–Crippen LogP) is 2.77. The number of anilines is 2. The van der Waals surface area contributed by atoms with Crippen molar-refractivity contribution in [3.8, 4) is 5.69 Å². The van der Waals surface area contributed by atoms with E-state index in [4.69, 9.17) is 5.73 Å². The number of para-hydroxylation sites is 1. The summed E-state index contributed by atoms with van der Waals surface area (Å²) >= 11 is 0. The maximum Gasteiger partial charge on any atom is 0.129 e. The molecular formula is C16H17N5. The van der Waals surface area contributed by atoms with Crippen molar-refractivity contribution in [3.05, 3.63) is 66.1 Å². The SMILES string of the molecule is Cc1cc(N)cnc1NCc1ccccc1-n1cccn1. The molecule has 21 heavy (non-hydrogen) atoms. The minimum atomic E-state index is 0.674. The van der Waals surface area contributed by atoms with E-state index in [2.05, 4.69) is 21.5 Å². The number of benzene rings is 1. The average molecular weight is 279 g/mol. The minimum Gasteiger partial charge on any atom is -0.397 e. The number of aryl methyl sites for hydroxylation is 1. The molecule has 3 rings (SSSR count). The van der Waals surface area contributed by atoms with Crippen LogP contribution in [0.3, 0.4) is 0 Å². The van der Waals surface area contributed by atoms with E-state index in [1.54, 1.807) is 12.4 Å². The molecule has 0 atom stereocenters. The molecule has 5 nitrogen and oxygen atoms in total. The van der Waals surface area contributed by atoms with Crippen LogP contribution in [-0.2, 0) is 6.54 Å². The highest BCUT2D eigenvalue weighted by Crippen LogP contribution is 2.18. The molecule has 2 heterocycles. The van der Waals surface area contributed by atoms with Crippen molar-refractivity contribution in [2.24, 2.45) is 0 Å². The van der Waals surface area contributed by atoms with E-state index in [0.29, 0.717) is 12.2 Å². The third-order valence-electron chi connectivity index (χ3n) is 3.29. The number of pyridine rings is 1. The van der Waals surface area contributed by atoms with Gasteiger partial charge in [0, 0.05) is 18.9 Å². The van der Waals surface area contributed by atoms with Crippen molar-refractivity contribution < 1.29 is 0 Å². The van der Waals surface area contributed by atoms with E-state index in [9.17, 15) is 0 Å². The Labute approximate surface area is 123 Å². The van der Waals surface area contributed by atoms with Crippen molar-refractivity contribution >= 4 is 11.5 Å². The number of nitrogen functional groups attached to an aromatic ring is 1. The Morgan fingerprint density at radius 3 is 2.86 bits per heavy atom. The summed E-state index contributed by atoms with van der Waals surface area (Å²) in [6.07, 6.45) is 5.37. The van der Waals surface area contributed by atoms with Gasteiger partial charge < -0.3 is 11.1 Å². The molecule has 0 saturated carbocycles. The first-order valence-electron chi connectivity index (χ1n) is 6.78. The lowest BCUT2D eigenvalue weighted by atomic mass is 10.1. The van der Waals surface area contributed by atoms with Crippen LogP contribution in [0.5, 0.6) is 0 Å². The van der Waals surface area contributed by atoms with E-state index in [0.717, 1.165) is 22.6 Å². The van der Waals surface area contributed by atoms with Gasteiger partial charge in [-0.2, -0.15) is 5.10 Å². The van der Waals surface area contributed by atoms with Gasteiger partial charge in [-0.3, -0.25) is 0 Å². The molecule has 0 aliphatic carbocycles. The van der Waals surface area contributed by atoms with Crippen LogP contribution in [0.15, 0.2) is 55.0 Å². The minimum absolute atomic E-state index is 0.674. The summed E-state index contributed by atoms with van der Waals surface area (Å²) in [4.78, 5) is 4.33. The van der Waals surface area contributed by atoms with Crippen LogP contribution in [0.25, 0.3) is 5.69 Å². The first-order valence-corrected chi connectivity index (χ1v) is 6.78. The van der Waals surface area contributed by atoms with Gasteiger partial charge in [-0.25, -0.2) is 9.67 Å². The summed E-state index contributed by atoms with van der Waals surface area (Å²) in [5.74, 6) is 0.847. The van der Waals surface area contributed by atoms with Crippen LogP contribution < -0.4 is 11.1 Å². The van der Waals surface area contributed by atoms with Crippen LogP contribution in [0.4, 0.5) is 11.5 Å². The number of hydrogen-bond acceptors (Lipinski definition) is 4. The third kappa shape index (κ3) is 2.86. The molecule has 0 aliphatic heterocycles. The third-order valence-corrected chi connectivity index (χ3v) is 3.29. The molecule has 1 aromatic carbocycles. The molecule has 0 fully saturated rings. The maximum absolute atomic E-state index is 5.72. The standard InChI is InChI=1S/C16H17N5/c1-12-9-14(17)11-19-16(12)18-10-13-5-2-3-6-15(13)21-8-4-7-20-21/h2-9,11H,10,17H2,1H3,(H,18,19). The zero-order valence-electron chi connectivity index (χ0n) is 11.8. The number of aromatic nitrogens is 3. The van der Waals surface area contributed by atoms with Crippen molar-refractivity contribution in [2.45, 2.75) is 13.5 Å². The number of hydrogen-bond donors (Lipinski definition) is 2. The Balaban J connectivity index is 1.83. The fourth-order valence-electron chi connectivity index (χ4n) is 2.26. The molecule has 3 aromatic rings. The van der Waals surface area contributed by atoms with Gasteiger partial charge in [0.25, 0.3) is 0 Å². The molecule has 0 unspecified atom stereocenters. The first-order chi connectivity index (χ1) is 10.2. The van der Waals surface area contributed by atoms with Crippen LogP contribution >= 0.6 is 0 Å². The lowest BCUT2D eigenvalue weighted by Crippen LogP contribution is -2.07. The second-order valence-electron chi connectivity index (χ2n) is 4.87. The predicted molar refractivity (Wildman–Crippen MR) is 84.3 cm³/mol. The molecule has 2 aromatic heterocycles. The molecule has 5 heteroatoms. The van der Waals surface area contributed by atoms with Gasteiger partial charge in [0.1, 0.15) is 5.82 Å². The molecular weight excluding hydrogens is 262 g/mol. The van der Waals surface area contributed by atoms with Gasteiger partial charge in [0.2, 0.25) is 0 Å². The lowest BCUT2D eigenvalue weighted by molar-refractivity contribution is 0.863. The van der Waals surface area contributed by atoms with Crippen molar-refractivity contribution in [1.82, 2.24) is 14.8 Å². The quantitative estimate of drug-likeness (QED) is 0.770. The molecule has 0 spiro atoms. The van der Waals surface area contributed by atoms with Gasteiger partial charge in [0.05, 0.1) is 17.6 Å². The Morgan fingerprint density at radius 1 is 1.24 bits per heavy atom. The summed E-state index contributed by atoms with van der Waals surface area (Å²) < 4.78 is 1.86. The summed E-state index contributed by atoms with van der Waals surface area (Å²) in [7, 11) is 0. The molecule has 0 radical (unpaired) electrons. The smallest absolute Gasteiger partial charge is 0.129 e. The summed E-state index contributed by atoms with van der Waals surface area (Å²) in [6, 6.07) is 12.0. The van der Waals surface area contributed by atoms with Gasteiger partial charge >= 0.3 is 0 Å². The average Bonchev–Trinajstić information content (AvgIpc) is 3.01. The van der Waals surface area contributed by atoms with Crippen LogP contribution in [-0.4, -0.2) is 14.8 Å². The maximum atomic E-state index is 5.72. The van der Waals surface area contributed by atoms with Crippen LogP contribution in [0, 0.1) is 6.92 Å². The van der Waals surface area contributed by atoms with Crippen LogP contribution in [0.2, 0.25) is 0 Å². The number of nitrogens with one attached hydrogen (secondary N) is 1. The molecule has 106 valence electrons. The fourth-order valence-corrected chi connectivity index (χ4v) is 2.26.